The van der Waals surface area contributed by atoms with Crippen LogP contribution in [0.4, 0.5) is 0 Å². The summed E-state index contributed by atoms with van der Waals surface area (Å²) in [4.78, 5) is 11.9. The highest BCUT2D eigenvalue weighted by Gasteiger charge is 2.30. The van der Waals surface area contributed by atoms with Gasteiger partial charge in [-0.25, -0.2) is 0 Å². The number of nitrogens with two attached hydrogens (primary N) is 1. The Morgan fingerprint density at radius 3 is 2.59 bits per heavy atom. The van der Waals surface area contributed by atoms with Crippen molar-refractivity contribution in [3.63, 3.8) is 0 Å². The first-order valence-electron chi connectivity index (χ1n) is 6.68. The van der Waals surface area contributed by atoms with Gasteiger partial charge in [0.25, 0.3) is 0 Å². The van der Waals surface area contributed by atoms with Crippen LogP contribution in [0.2, 0.25) is 0 Å². The van der Waals surface area contributed by atoms with Gasteiger partial charge in [-0.15, -0.1) is 0 Å². The minimum Gasteiger partial charge on any atom is -0.364 e. The topological polar surface area (TPSA) is 64.4 Å². The van der Waals surface area contributed by atoms with Crippen LogP contribution in [0.25, 0.3) is 0 Å². The molecule has 4 heteroatoms. The number of nitrogens with one attached hydrogen (secondary N) is 1. The smallest absolute Gasteiger partial charge is 0.249 e. The molecule has 1 fully saturated rings. The van der Waals surface area contributed by atoms with Crippen molar-refractivity contribution >= 4 is 5.91 Å². The maximum Gasteiger partial charge on any atom is 0.249 e. The number of hydrogen-bond acceptors (Lipinski definition) is 3. The van der Waals surface area contributed by atoms with Gasteiger partial charge >= 0.3 is 0 Å². The molecule has 3 N–H and O–H groups in total. The van der Waals surface area contributed by atoms with Crippen LogP contribution in [-0.4, -0.2) is 30.7 Å². The molecule has 100 valence electrons. The van der Waals surface area contributed by atoms with Crippen molar-refractivity contribution in [3.05, 3.63) is 0 Å². The van der Waals surface area contributed by atoms with E-state index in [9.17, 15) is 4.79 Å². The zero-order valence-electron chi connectivity index (χ0n) is 11.2. The summed E-state index contributed by atoms with van der Waals surface area (Å²) in [5.41, 5.74) is 5.52. The molecule has 0 radical (unpaired) electrons. The van der Waals surface area contributed by atoms with Crippen molar-refractivity contribution in [2.24, 2.45) is 11.7 Å². The summed E-state index contributed by atoms with van der Waals surface area (Å²) in [6.45, 7) is 6.95. The summed E-state index contributed by atoms with van der Waals surface area (Å²) in [5, 5.41) is 3.02. The first kappa shape index (κ1) is 14.5. The van der Waals surface area contributed by atoms with E-state index < -0.39 is 0 Å². The molecule has 0 aromatic rings. The van der Waals surface area contributed by atoms with Crippen molar-refractivity contribution in [1.82, 2.24) is 5.32 Å². The van der Waals surface area contributed by atoms with Gasteiger partial charge in [-0.2, -0.15) is 0 Å². The van der Waals surface area contributed by atoms with Gasteiger partial charge in [0.15, 0.2) is 0 Å². The van der Waals surface area contributed by atoms with Gasteiger partial charge in [-0.3, -0.25) is 4.79 Å². The Morgan fingerprint density at radius 1 is 1.35 bits per heavy atom. The molecule has 4 nitrogen and oxygen atoms in total. The van der Waals surface area contributed by atoms with Gasteiger partial charge in [-0.05, 0) is 38.5 Å². The van der Waals surface area contributed by atoms with E-state index in [1.54, 1.807) is 0 Å². The number of carbonyl (C=O) groups is 1. The SMILES string of the molecule is CC(C)CCC(C)NC(=O)C1CCC(CN)O1. The quantitative estimate of drug-likeness (QED) is 0.740. The van der Waals surface area contributed by atoms with E-state index in [1.165, 1.54) is 0 Å². The molecule has 1 aliphatic heterocycles. The van der Waals surface area contributed by atoms with Crippen LogP contribution in [-0.2, 0) is 9.53 Å². The lowest BCUT2D eigenvalue weighted by atomic mass is 10.0. The minimum absolute atomic E-state index is 0.0252. The molecular formula is C13H26N2O2. The number of ether oxygens (including phenoxy) is 1. The van der Waals surface area contributed by atoms with Gasteiger partial charge in [0, 0.05) is 12.6 Å². The van der Waals surface area contributed by atoms with Crippen molar-refractivity contribution in [3.8, 4) is 0 Å². The number of rotatable bonds is 6. The van der Waals surface area contributed by atoms with Crippen molar-refractivity contribution in [1.29, 1.82) is 0 Å². The predicted octanol–water partition coefficient (Wildman–Crippen LogP) is 1.43. The summed E-state index contributed by atoms with van der Waals surface area (Å²) in [6.07, 6.45) is 3.63. The van der Waals surface area contributed by atoms with Crippen LogP contribution in [0.1, 0.15) is 46.5 Å². The summed E-state index contributed by atoms with van der Waals surface area (Å²) in [5.74, 6) is 0.705. The zero-order chi connectivity index (χ0) is 12.8. The van der Waals surface area contributed by atoms with Crippen LogP contribution in [0.3, 0.4) is 0 Å². The second kappa shape index (κ2) is 6.97. The Balaban J connectivity index is 2.24. The van der Waals surface area contributed by atoms with Crippen molar-refractivity contribution in [2.45, 2.75) is 64.7 Å². The average molecular weight is 242 g/mol. The van der Waals surface area contributed by atoms with Crippen molar-refractivity contribution < 1.29 is 9.53 Å². The second-order valence-corrected chi connectivity index (χ2v) is 5.44. The molecular weight excluding hydrogens is 216 g/mol. The van der Waals surface area contributed by atoms with Crippen molar-refractivity contribution in [2.75, 3.05) is 6.54 Å². The molecule has 17 heavy (non-hydrogen) atoms. The molecule has 1 rings (SSSR count). The minimum atomic E-state index is -0.287. The fourth-order valence-electron chi connectivity index (χ4n) is 2.06. The lowest BCUT2D eigenvalue weighted by Gasteiger charge is -2.18. The van der Waals surface area contributed by atoms with E-state index >= 15 is 0 Å². The number of amides is 1. The van der Waals surface area contributed by atoms with Crippen LogP contribution in [0.15, 0.2) is 0 Å². The molecule has 1 amide bonds. The van der Waals surface area contributed by atoms with Gasteiger partial charge in [0.2, 0.25) is 5.91 Å². The monoisotopic (exact) mass is 242 g/mol. The van der Waals surface area contributed by atoms with Gasteiger partial charge in [0.05, 0.1) is 6.10 Å². The fraction of sp³-hybridized carbons (Fsp3) is 0.923. The van der Waals surface area contributed by atoms with E-state index in [2.05, 4.69) is 26.1 Å². The summed E-state index contributed by atoms with van der Waals surface area (Å²) in [6, 6.07) is 0.227. The van der Waals surface area contributed by atoms with E-state index in [4.69, 9.17) is 10.5 Å². The summed E-state index contributed by atoms with van der Waals surface area (Å²) < 4.78 is 5.56. The van der Waals surface area contributed by atoms with Crippen LogP contribution in [0, 0.1) is 5.92 Å². The van der Waals surface area contributed by atoms with E-state index in [1.807, 2.05) is 0 Å². The Labute approximate surface area is 104 Å². The van der Waals surface area contributed by atoms with Gasteiger partial charge in [-0.1, -0.05) is 13.8 Å². The fourth-order valence-corrected chi connectivity index (χ4v) is 2.06. The Hall–Kier alpha value is -0.610. The van der Waals surface area contributed by atoms with Crippen LogP contribution in [0.5, 0.6) is 0 Å². The van der Waals surface area contributed by atoms with Gasteiger partial charge < -0.3 is 15.8 Å². The first-order valence-corrected chi connectivity index (χ1v) is 6.68. The third-order valence-corrected chi connectivity index (χ3v) is 3.23. The normalized spacial score (nSPS) is 26.2. The highest BCUT2D eigenvalue weighted by atomic mass is 16.5. The molecule has 1 heterocycles. The zero-order valence-corrected chi connectivity index (χ0v) is 11.2. The third kappa shape index (κ3) is 5.04. The maximum atomic E-state index is 11.9. The van der Waals surface area contributed by atoms with E-state index in [-0.39, 0.29) is 24.2 Å². The Morgan fingerprint density at radius 2 is 2.06 bits per heavy atom. The first-order chi connectivity index (χ1) is 8.02. The number of carbonyl (C=O) groups excluding carboxylic acids is 1. The largest absolute Gasteiger partial charge is 0.364 e. The summed E-state index contributed by atoms with van der Waals surface area (Å²) >= 11 is 0. The van der Waals surface area contributed by atoms with Crippen LogP contribution < -0.4 is 11.1 Å². The maximum absolute atomic E-state index is 11.9. The molecule has 1 saturated heterocycles. The third-order valence-electron chi connectivity index (χ3n) is 3.23. The molecule has 3 unspecified atom stereocenters. The lowest BCUT2D eigenvalue weighted by molar-refractivity contribution is -0.132. The molecule has 3 atom stereocenters. The second-order valence-electron chi connectivity index (χ2n) is 5.44. The Kier molecular flexibility index (Phi) is 5.92. The van der Waals surface area contributed by atoms with Crippen LogP contribution >= 0.6 is 0 Å². The molecule has 1 aliphatic rings. The molecule has 0 spiro atoms. The van der Waals surface area contributed by atoms with Gasteiger partial charge in [0.1, 0.15) is 6.10 Å². The standard InChI is InChI=1S/C13H26N2O2/c1-9(2)4-5-10(3)15-13(16)12-7-6-11(8-14)17-12/h9-12H,4-8,14H2,1-3H3,(H,15,16). The molecule has 0 aliphatic carbocycles. The van der Waals surface area contributed by atoms with E-state index in [0.29, 0.717) is 12.5 Å². The Bertz CT molecular complexity index is 244. The predicted molar refractivity (Wildman–Crippen MR) is 68.6 cm³/mol. The highest BCUT2D eigenvalue weighted by Crippen LogP contribution is 2.19. The molecule has 0 aromatic heterocycles. The van der Waals surface area contributed by atoms with E-state index in [0.717, 1.165) is 25.7 Å². The average Bonchev–Trinajstić information content (AvgIpc) is 2.74. The highest BCUT2D eigenvalue weighted by molar-refractivity contribution is 5.81. The summed E-state index contributed by atoms with van der Waals surface area (Å²) in [7, 11) is 0. The molecule has 0 saturated carbocycles. The number of hydrogen-bond donors (Lipinski definition) is 2. The molecule has 0 aromatic carbocycles. The molecule has 0 bridgehead atoms. The lowest BCUT2D eigenvalue weighted by Crippen LogP contribution is -2.40.